The number of carboxylic acid groups (broad SMARTS) is 1. The second-order valence-electron chi connectivity index (χ2n) is 8.35. The highest BCUT2D eigenvalue weighted by atomic mass is 16.5. The first-order valence-corrected chi connectivity index (χ1v) is 11.2. The highest BCUT2D eigenvalue weighted by Gasteiger charge is 2.30. The Hall–Kier alpha value is -3.74. The van der Waals surface area contributed by atoms with Crippen LogP contribution in [-0.4, -0.2) is 35.7 Å². The van der Waals surface area contributed by atoms with E-state index in [1.165, 1.54) is 19.9 Å². The number of aryl methyl sites for hydroxylation is 2. The van der Waals surface area contributed by atoms with Crippen LogP contribution in [0.2, 0.25) is 0 Å². The molecule has 0 aliphatic rings. The molecule has 0 aliphatic carbocycles. The maximum absolute atomic E-state index is 13.1. The Balaban J connectivity index is 1.93. The van der Waals surface area contributed by atoms with E-state index < -0.39 is 11.6 Å². The molecule has 7 heteroatoms. The minimum Gasteiger partial charge on any atom is -0.493 e. The van der Waals surface area contributed by atoms with Crippen molar-refractivity contribution in [2.75, 3.05) is 13.2 Å². The van der Waals surface area contributed by atoms with Gasteiger partial charge >= 0.3 is 5.97 Å². The van der Waals surface area contributed by atoms with Crippen LogP contribution in [-0.2, 0) is 4.79 Å². The summed E-state index contributed by atoms with van der Waals surface area (Å²) in [5.41, 5.74) is 1.46. The maximum atomic E-state index is 13.1. The van der Waals surface area contributed by atoms with Crippen LogP contribution in [0.1, 0.15) is 54.9 Å². The molecule has 0 saturated heterocycles. The summed E-state index contributed by atoms with van der Waals surface area (Å²) in [6, 6.07) is 9.05. The molecule has 0 atom stereocenters. The Labute approximate surface area is 198 Å². The van der Waals surface area contributed by atoms with Gasteiger partial charge in [-0.2, -0.15) is 0 Å². The van der Waals surface area contributed by atoms with Crippen LogP contribution < -0.4 is 14.2 Å². The van der Waals surface area contributed by atoms with Gasteiger partial charge in [0.15, 0.2) is 11.4 Å². The van der Waals surface area contributed by atoms with Crippen molar-refractivity contribution < 1.29 is 33.3 Å². The Morgan fingerprint density at radius 2 is 1.68 bits per heavy atom. The first kappa shape index (κ1) is 24.9. The fourth-order valence-electron chi connectivity index (χ4n) is 3.60. The molecule has 0 amide bonds. The molecule has 1 heterocycles. The van der Waals surface area contributed by atoms with Gasteiger partial charge in [-0.25, -0.2) is 4.79 Å². The normalized spacial score (nSPS) is 11.7. The average Bonchev–Trinajstić information content (AvgIpc) is 3.14. The SMILES string of the molecule is CCOc1cccc2oc(C(=O)C=Cc3cc(C)c(OC(C)(C)C(=O)O)c(C)c3)c(OCC)c12. The molecule has 0 fully saturated rings. The van der Waals surface area contributed by atoms with Crippen molar-refractivity contribution >= 4 is 28.8 Å². The fourth-order valence-corrected chi connectivity index (χ4v) is 3.60. The summed E-state index contributed by atoms with van der Waals surface area (Å²) in [5.74, 6) is 0.186. The first-order chi connectivity index (χ1) is 16.1. The zero-order valence-electron chi connectivity index (χ0n) is 20.4. The van der Waals surface area contributed by atoms with E-state index in [-0.39, 0.29) is 11.5 Å². The Morgan fingerprint density at radius 3 is 2.26 bits per heavy atom. The van der Waals surface area contributed by atoms with Crippen molar-refractivity contribution in [2.24, 2.45) is 0 Å². The molecule has 2 aromatic carbocycles. The van der Waals surface area contributed by atoms with E-state index in [0.29, 0.717) is 41.4 Å². The number of allylic oxidation sites excluding steroid dienone is 1. The average molecular weight is 467 g/mol. The summed E-state index contributed by atoms with van der Waals surface area (Å²) in [7, 11) is 0. The van der Waals surface area contributed by atoms with E-state index >= 15 is 0 Å². The van der Waals surface area contributed by atoms with Gasteiger partial charge in [0.1, 0.15) is 22.5 Å². The van der Waals surface area contributed by atoms with Gasteiger partial charge in [0.05, 0.1) is 13.2 Å². The number of benzene rings is 2. The van der Waals surface area contributed by atoms with Gasteiger partial charge in [-0.3, -0.25) is 4.79 Å². The van der Waals surface area contributed by atoms with Crippen LogP contribution in [0, 0.1) is 13.8 Å². The number of fused-ring (bicyclic) bond motifs is 1. The molecule has 0 radical (unpaired) electrons. The third-order valence-electron chi connectivity index (χ3n) is 5.23. The second kappa shape index (κ2) is 10.0. The number of hydrogen-bond acceptors (Lipinski definition) is 6. The minimum atomic E-state index is -1.36. The summed E-state index contributed by atoms with van der Waals surface area (Å²) in [5, 5.41) is 9.99. The monoisotopic (exact) mass is 466 g/mol. The molecule has 180 valence electrons. The Bertz CT molecular complexity index is 1220. The predicted octanol–water partition coefficient (Wildman–Crippen LogP) is 5.99. The van der Waals surface area contributed by atoms with E-state index in [4.69, 9.17) is 18.6 Å². The van der Waals surface area contributed by atoms with Crippen LogP contribution in [0.3, 0.4) is 0 Å². The highest BCUT2D eigenvalue weighted by molar-refractivity contribution is 6.11. The van der Waals surface area contributed by atoms with Crippen molar-refractivity contribution in [3.8, 4) is 17.2 Å². The Kier molecular flexibility index (Phi) is 7.35. The quantitative estimate of drug-likeness (QED) is 0.290. The molecule has 34 heavy (non-hydrogen) atoms. The van der Waals surface area contributed by atoms with Gasteiger partial charge < -0.3 is 23.7 Å². The van der Waals surface area contributed by atoms with Crippen molar-refractivity contribution in [1.82, 2.24) is 0 Å². The molecule has 0 bridgehead atoms. The van der Waals surface area contributed by atoms with E-state index in [9.17, 15) is 14.7 Å². The van der Waals surface area contributed by atoms with E-state index in [1.54, 1.807) is 18.2 Å². The lowest BCUT2D eigenvalue weighted by molar-refractivity contribution is -0.152. The van der Waals surface area contributed by atoms with Gasteiger partial charge in [-0.15, -0.1) is 0 Å². The number of ketones is 1. The molecule has 0 spiro atoms. The lowest BCUT2D eigenvalue weighted by Gasteiger charge is -2.24. The summed E-state index contributed by atoms with van der Waals surface area (Å²) in [4.78, 5) is 24.5. The summed E-state index contributed by atoms with van der Waals surface area (Å²) in [6.45, 7) is 11.2. The van der Waals surface area contributed by atoms with Crippen molar-refractivity contribution in [2.45, 2.75) is 47.1 Å². The van der Waals surface area contributed by atoms with Crippen molar-refractivity contribution in [1.29, 1.82) is 0 Å². The number of aliphatic carboxylic acids is 1. The number of furan rings is 1. The molecule has 7 nitrogen and oxygen atoms in total. The zero-order chi connectivity index (χ0) is 25.0. The molecule has 0 unspecified atom stereocenters. The molecular weight excluding hydrogens is 436 g/mol. The summed E-state index contributed by atoms with van der Waals surface area (Å²) >= 11 is 0. The predicted molar refractivity (Wildman–Crippen MR) is 130 cm³/mol. The van der Waals surface area contributed by atoms with Crippen molar-refractivity contribution in [3.05, 3.63) is 58.9 Å². The van der Waals surface area contributed by atoms with Crippen LogP contribution in [0.5, 0.6) is 17.2 Å². The first-order valence-electron chi connectivity index (χ1n) is 11.2. The number of carbonyl (C=O) groups is 2. The lowest BCUT2D eigenvalue weighted by atomic mass is 10.0. The molecular formula is C27H30O7. The standard InChI is InChI=1S/C27H30O7/c1-7-31-20-10-9-11-21-22(20)25(32-8-2)24(33-21)19(28)13-12-18-14-16(3)23(17(4)15-18)34-27(5,6)26(29)30/h9-15H,7-8H2,1-6H3,(H,29,30). The Morgan fingerprint density at radius 1 is 1.03 bits per heavy atom. The smallest absolute Gasteiger partial charge is 0.347 e. The largest absolute Gasteiger partial charge is 0.493 e. The third-order valence-corrected chi connectivity index (χ3v) is 5.23. The number of ether oxygens (including phenoxy) is 3. The van der Waals surface area contributed by atoms with E-state index in [2.05, 4.69) is 0 Å². The number of hydrogen-bond donors (Lipinski definition) is 1. The van der Waals surface area contributed by atoms with Crippen LogP contribution >= 0.6 is 0 Å². The van der Waals surface area contributed by atoms with Crippen LogP contribution in [0.4, 0.5) is 0 Å². The van der Waals surface area contributed by atoms with Crippen LogP contribution in [0.25, 0.3) is 17.0 Å². The maximum Gasteiger partial charge on any atom is 0.347 e. The molecule has 0 aliphatic heterocycles. The molecule has 3 aromatic rings. The number of carbonyl (C=O) groups excluding carboxylic acids is 1. The topological polar surface area (TPSA) is 95.2 Å². The molecule has 1 aromatic heterocycles. The minimum absolute atomic E-state index is 0.108. The number of carboxylic acids is 1. The fraction of sp³-hybridized carbons (Fsp3) is 0.333. The third kappa shape index (κ3) is 5.09. The van der Waals surface area contributed by atoms with Gasteiger partial charge in [-0.1, -0.05) is 12.1 Å². The van der Waals surface area contributed by atoms with Gasteiger partial charge in [-0.05, 0) is 88.6 Å². The van der Waals surface area contributed by atoms with E-state index in [1.807, 2.05) is 45.9 Å². The van der Waals surface area contributed by atoms with Gasteiger partial charge in [0.2, 0.25) is 11.5 Å². The highest BCUT2D eigenvalue weighted by Crippen LogP contribution is 2.40. The molecule has 0 saturated carbocycles. The van der Waals surface area contributed by atoms with Crippen molar-refractivity contribution in [3.63, 3.8) is 0 Å². The van der Waals surface area contributed by atoms with Crippen LogP contribution in [0.15, 0.2) is 40.8 Å². The summed E-state index contributed by atoms with van der Waals surface area (Å²) in [6.07, 6.45) is 3.11. The lowest BCUT2D eigenvalue weighted by Crippen LogP contribution is -2.38. The molecule has 3 rings (SSSR count). The summed E-state index contributed by atoms with van der Waals surface area (Å²) < 4.78 is 23.1. The van der Waals surface area contributed by atoms with Gasteiger partial charge in [0.25, 0.3) is 0 Å². The van der Waals surface area contributed by atoms with E-state index in [0.717, 1.165) is 16.7 Å². The number of rotatable bonds is 10. The zero-order valence-corrected chi connectivity index (χ0v) is 20.4. The molecule has 1 N–H and O–H groups in total. The van der Waals surface area contributed by atoms with Gasteiger partial charge in [0, 0.05) is 0 Å². The second-order valence-corrected chi connectivity index (χ2v) is 8.35.